The third-order valence-corrected chi connectivity index (χ3v) is 12.1. The molecule has 0 heterocycles. The van der Waals surface area contributed by atoms with E-state index in [4.69, 9.17) is 0 Å². The van der Waals surface area contributed by atoms with E-state index in [0.717, 1.165) is 16.7 Å². The van der Waals surface area contributed by atoms with Gasteiger partial charge >= 0.3 is 0 Å². The molecule has 12 aromatic carbocycles. The second-order valence-electron chi connectivity index (χ2n) is 15.0. The Morgan fingerprint density at radius 1 is 0.268 bits per heavy atom. The summed E-state index contributed by atoms with van der Waals surface area (Å²) in [5.41, 5.74) is 10.2. The van der Waals surface area contributed by atoms with Gasteiger partial charge in [0.15, 0.2) is 0 Å². The Balaban J connectivity index is 1.28. The van der Waals surface area contributed by atoms with Gasteiger partial charge in [-0.2, -0.15) is 5.26 Å². The molecule has 0 aliphatic carbocycles. The summed E-state index contributed by atoms with van der Waals surface area (Å²) in [7, 11) is 0. The molecule has 0 amide bonds. The van der Waals surface area contributed by atoms with Gasteiger partial charge in [0.1, 0.15) is 0 Å². The average Bonchev–Trinajstić information content (AvgIpc) is 3.78. The van der Waals surface area contributed by atoms with Crippen molar-refractivity contribution in [3.05, 3.63) is 194 Å². The molecule has 0 bridgehead atoms. The van der Waals surface area contributed by atoms with Crippen molar-refractivity contribution in [2.75, 3.05) is 0 Å². The van der Waals surface area contributed by atoms with Crippen molar-refractivity contribution in [3.63, 3.8) is 0 Å². The molecule has 0 fully saturated rings. The normalized spacial score (nSPS) is 11.9. The van der Waals surface area contributed by atoms with Crippen LogP contribution in [0, 0.1) is 11.3 Å². The van der Waals surface area contributed by atoms with Gasteiger partial charge in [-0.3, -0.25) is 0 Å². The van der Waals surface area contributed by atoms with Gasteiger partial charge in [0, 0.05) is 0 Å². The second kappa shape index (κ2) is 11.7. The van der Waals surface area contributed by atoms with Crippen LogP contribution in [0.5, 0.6) is 0 Å². The predicted molar refractivity (Wildman–Crippen MR) is 238 cm³/mol. The molecule has 0 radical (unpaired) electrons. The minimum Gasteiger partial charge on any atom is -0.192 e. The molecule has 0 spiro atoms. The summed E-state index contributed by atoms with van der Waals surface area (Å²) in [6.45, 7) is 0. The number of fused-ring (bicyclic) bond motifs is 8. The number of benzene rings is 10. The summed E-state index contributed by atoms with van der Waals surface area (Å²) in [4.78, 5) is 0. The third kappa shape index (κ3) is 4.24. The van der Waals surface area contributed by atoms with Gasteiger partial charge in [-0.15, -0.1) is 0 Å². The van der Waals surface area contributed by atoms with Gasteiger partial charge in [0.2, 0.25) is 0 Å². The Kier molecular flexibility index (Phi) is 6.47. The molecule has 0 aliphatic rings. The molecule has 0 aliphatic heterocycles. The van der Waals surface area contributed by atoms with Gasteiger partial charge in [-0.1, -0.05) is 164 Å². The van der Waals surface area contributed by atoms with Gasteiger partial charge < -0.3 is 0 Å². The van der Waals surface area contributed by atoms with Crippen molar-refractivity contribution >= 4 is 75.4 Å². The molecular weight excluding hydrogens is 675 g/mol. The Morgan fingerprint density at radius 2 is 0.768 bits per heavy atom. The molecule has 56 heavy (non-hydrogen) atoms. The second-order valence-corrected chi connectivity index (χ2v) is 15.0. The lowest BCUT2D eigenvalue weighted by Crippen LogP contribution is -1.91. The van der Waals surface area contributed by atoms with Crippen LogP contribution in [-0.4, -0.2) is 0 Å². The Morgan fingerprint density at radius 3 is 1.52 bits per heavy atom. The molecule has 0 aromatic heterocycles. The Hall–Kier alpha value is -7.53. The summed E-state index contributed by atoms with van der Waals surface area (Å²) in [6, 6.07) is 70.9. The van der Waals surface area contributed by atoms with E-state index in [9.17, 15) is 5.26 Å². The number of hydrogen-bond donors (Lipinski definition) is 0. The van der Waals surface area contributed by atoms with Crippen LogP contribution < -0.4 is 0 Å². The highest BCUT2D eigenvalue weighted by Crippen LogP contribution is 2.55. The zero-order valence-electron chi connectivity index (χ0n) is 30.3. The highest BCUT2D eigenvalue weighted by molar-refractivity contribution is 6.45. The first-order chi connectivity index (χ1) is 27.8. The molecule has 12 aromatic rings. The molecule has 0 saturated heterocycles. The van der Waals surface area contributed by atoms with Crippen molar-refractivity contribution in [2.45, 2.75) is 0 Å². The van der Waals surface area contributed by atoms with Crippen LogP contribution in [-0.2, 0) is 0 Å². The first-order valence-electron chi connectivity index (χ1n) is 19.2. The lowest BCUT2D eigenvalue weighted by atomic mass is 9.84. The maximum atomic E-state index is 9.61. The topological polar surface area (TPSA) is 23.8 Å². The van der Waals surface area contributed by atoms with E-state index in [1.165, 1.54) is 103 Å². The van der Waals surface area contributed by atoms with Crippen LogP contribution >= 0.6 is 0 Å². The first-order valence-corrected chi connectivity index (χ1v) is 19.2. The molecule has 1 heteroatoms. The molecular formula is C55H31N. The SMILES string of the molecule is N#Cc1cccc(-c2cccc(-c3ccc4c5c(-c6ccccc6)c6c(cc7c8ccccc8c8cccc6c87)c(-c6ccccc6)c5c5cccc3c54)c2)c1. The van der Waals surface area contributed by atoms with Crippen LogP contribution in [0.4, 0.5) is 0 Å². The Labute approximate surface area is 323 Å². The van der Waals surface area contributed by atoms with Crippen LogP contribution in [0.1, 0.15) is 5.56 Å². The summed E-state index contributed by atoms with van der Waals surface area (Å²) in [5.74, 6) is 0. The summed E-state index contributed by atoms with van der Waals surface area (Å²) in [5, 5.41) is 27.8. The van der Waals surface area contributed by atoms with Crippen LogP contribution in [0.2, 0.25) is 0 Å². The zero-order chi connectivity index (χ0) is 36.9. The van der Waals surface area contributed by atoms with E-state index in [2.05, 4.69) is 176 Å². The van der Waals surface area contributed by atoms with Crippen molar-refractivity contribution in [2.24, 2.45) is 0 Å². The van der Waals surface area contributed by atoms with Crippen molar-refractivity contribution in [1.82, 2.24) is 0 Å². The fraction of sp³-hybridized carbons (Fsp3) is 0. The highest BCUT2D eigenvalue weighted by Gasteiger charge is 2.26. The van der Waals surface area contributed by atoms with Gasteiger partial charge in [0.05, 0.1) is 11.6 Å². The summed E-state index contributed by atoms with van der Waals surface area (Å²) >= 11 is 0. The number of nitriles is 1. The first kappa shape index (κ1) is 30.9. The molecule has 256 valence electrons. The van der Waals surface area contributed by atoms with Crippen molar-refractivity contribution < 1.29 is 0 Å². The molecule has 12 rings (SSSR count). The predicted octanol–water partition coefficient (Wildman–Crippen LogP) is 15.2. The van der Waals surface area contributed by atoms with Gasteiger partial charge in [0.25, 0.3) is 0 Å². The Bertz CT molecular complexity index is 3570. The zero-order valence-corrected chi connectivity index (χ0v) is 30.3. The van der Waals surface area contributed by atoms with E-state index in [1.54, 1.807) is 0 Å². The third-order valence-electron chi connectivity index (χ3n) is 12.1. The van der Waals surface area contributed by atoms with E-state index in [0.29, 0.717) is 5.56 Å². The van der Waals surface area contributed by atoms with E-state index < -0.39 is 0 Å². The van der Waals surface area contributed by atoms with Crippen molar-refractivity contribution in [3.8, 4) is 50.6 Å². The van der Waals surface area contributed by atoms with Crippen LogP contribution in [0.25, 0.3) is 120 Å². The van der Waals surface area contributed by atoms with Crippen LogP contribution in [0.15, 0.2) is 188 Å². The average molecular weight is 706 g/mol. The van der Waals surface area contributed by atoms with Crippen molar-refractivity contribution in [1.29, 1.82) is 5.26 Å². The van der Waals surface area contributed by atoms with E-state index in [-0.39, 0.29) is 0 Å². The fourth-order valence-corrected chi connectivity index (χ4v) is 9.90. The maximum Gasteiger partial charge on any atom is 0.0991 e. The smallest absolute Gasteiger partial charge is 0.0991 e. The quantitative estimate of drug-likeness (QED) is 0.167. The molecule has 0 unspecified atom stereocenters. The molecule has 1 nitrogen and oxygen atoms in total. The van der Waals surface area contributed by atoms with Gasteiger partial charge in [-0.05, 0) is 144 Å². The van der Waals surface area contributed by atoms with E-state index >= 15 is 0 Å². The standard InChI is InChI=1S/C55H31N/c56-32-33-13-9-18-36(29-33)37-19-10-20-38(30-37)39-27-28-46-51-42(39)23-11-26-45(51)54-49(34-14-3-1-4-15-34)48-31-47-41-22-8-7-21-40(41)43-24-12-25-44(52(43)47)53(48)50(55(46)54)35-16-5-2-6-17-35/h1-31H. The van der Waals surface area contributed by atoms with Gasteiger partial charge in [-0.25, -0.2) is 0 Å². The number of nitrogens with zero attached hydrogens (tertiary/aromatic N) is 1. The molecule has 0 N–H and O–H groups in total. The molecule has 0 atom stereocenters. The monoisotopic (exact) mass is 705 g/mol. The number of rotatable bonds is 4. The summed E-state index contributed by atoms with van der Waals surface area (Å²) < 4.78 is 0. The minimum absolute atomic E-state index is 0.665. The minimum atomic E-state index is 0.665. The number of hydrogen-bond acceptors (Lipinski definition) is 1. The highest BCUT2D eigenvalue weighted by atomic mass is 14.3. The molecule has 0 saturated carbocycles. The maximum absolute atomic E-state index is 9.61. The largest absolute Gasteiger partial charge is 0.192 e. The lowest BCUT2D eigenvalue weighted by Gasteiger charge is -2.19. The van der Waals surface area contributed by atoms with E-state index in [1.807, 2.05) is 18.2 Å². The lowest BCUT2D eigenvalue weighted by molar-refractivity contribution is 1.48. The fourth-order valence-electron chi connectivity index (χ4n) is 9.90. The van der Waals surface area contributed by atoms with Crippen LogP contribution in [0.3, 0.4) is 0 Å². The summed E-state index contributed by atoms with van der Waals surface area (Å²) in [6.07, 6.45) is 0.